The number of aldehydes is 1. The van der Waals surface area contributed by atoms with E-state index in [2.05, 4.69) is 0 Å². The van der Waals surface area contributed by atoms with E-state index < -0.39 is 0 Å². The number of nitrogens with two attached hydrogens (primary N) is 1. The Morgan fingerprint density at radius 1 is 1.19 bits per heavy atom. The second-order valence-electron chi connectivity index (χ2n) is 3.07. The van der Waals surface area contributed by atoms with Gasteiger partial charge < -0.3 is 15.2 Å². The van der Waals surface area contributed by atoms with Gasteiger partial charge in [0.05, 0.1) is 19.8 Å². The number of hydrogen-bond donors (Lipinski definition) is 1. The molecule has 0 fully saturated rings. The zero-order chi connectivity index (χ0) is 12.0. The highest BCUT2D eigenvalue weighted by Gasteiger charge is 2.12. The summed E-state index contributed by atoms with van der Waals surface area (Å²) in [5.74, 6) is 0.980. The molecule has 0 atom stereocenters. The first kappa shape index (κ1) is 12.3. The van der Waals surface area contributed by atoms with Crippen molar-refractivity contribution in [2.75, 3.05) is 20.8 Å². The molecule has 0 aliphatic carbocycles. The second-order valence-corrected chi connectivity index (χ2v) is 3.07. The van der Waals surface area contributed by atoms with Crippen molar-refractivity contribution in [3.05, 3.63) is 29.3 Å². The summed E-state index contributed by atoms with van der Waals surface area (Å²) in [6, 6.07) is 3.47. The van der Waals surface area contributed by atoms with Crippen molar-refractivity contribution in [2.45, 2.75) is 0 Å². The molecule has 0 saturated heterocycles. The summed E-state index contributed by atoms with van der Waals surface area (Å²) in [6.45, 7) is 0.445. The van der Waals surface area contributed by atoms with Crippen molar-refractivity contribution in [1.29, 1.82) is 0 Å². The van der Waals surface area contributed by atoms with Gasteiger partial charge >= 0.3 is 0 Å². The quantitative estimate of drug-likeness (QED) is 0.765. The van der Waals surface area contributed by atoms with E-state index in [1.54, 1.807) is 18.2 Å². The molecule has 2 N–H and O–H groups in total. The van der Waals surface area contributed by atoms with E-state index >= 15 is 0 Å². The molecule has 0 spiro atoms. The summed E-state index contributed by atoms with van der Waals surface area (Å²) in [7, 11) is 3.04. The molecule has 0 aliphatic rings. The Balaban J connectivity index is 3.30. The van der Waals surface area contributed by atoms with Crippen molar-refractivity contribution in [2.24, 2.45) is 5.73 Å². The van der Waals surface area contributed by atoms with Gasteiger partial charge in [0.25, 0.3) is 0 Å². The Kier molecular flexibility index (Phi) is 4.54. The van der Waals surface area contributed by atoms with Crippen LogP contribution < -0.4 is 15.2 Å². The highest BCUT2D eigenvalue weighted by Crippen LogP contribution is 2.34. The van der Waals surface area contributed by atoms with Gasteiger partial charge in [-0.3, -0.25) is 4.79 Å². The van der Waals surface area contributed by atoms with Crippen molar-refractivity contribution in [3.63, 3.8) is 0 Å². The van der Waals surface area contributed by atoms with Crippen LogP contribution in [0.4, 0.5) is 0 Å². The number of methoxy groups -OCH3 is 2. The van der Waals surface area contributed by atoms with Gasteiger partial charge in [0.1, 0.15) is 0 Å². The van der Waals surface area contributed by atoms with Crippen LogP contribution in [0.15, 0.2) is 18.2 Å². The largest absolute Gasteiger partial charge is 0.492 e. The van der Waals surface area contributed by atoms with Gasteiger partial charge in [0, 0.05) is 12.1 Å². The lowest BCUT2D eigenvalue weighted by Gasteiger charge is -2.12. The molecule has 4 nitrogen and oxygen atoms in total. The molecule has 1 aromatic carbocycles. The summed E-state index contributed by atoms with van der Waals surface area (Å²) < 4.78 is 10.4. The summed E-state index contributed by atoms with van der Waals surface area (Å²) >= 11 is 0. The molecule has 0 aliphatic heterocycles. The molecule has 0 aromatic heterocycles. The van der Waals surface area contributed by atoms with Crippen molar-refractivity contribution < 1.29 is 14.3 Å². The molecule has 1 aromatic rings. The molecular formula is C12H15NO3. The number of benzene rings is 1. The first-order chi connectivity index (χ1) is 7.78. The summed E-state index contributed by atoms with van der Waals surface area (Å²) in [4.78, 5) is 10.8. The van der Waals surface area contributed by atoms with Gasteiger partial charge in [-0.25, -0.2) is 0 Å². The average Bonchev–Trinajstić information content (AvgIpc) is 2.34. The lowest BCUT2D eigenvalue weighted by Crippen LogP contribution is -1.98. The molecule has 0 amide bonds. The predicted octanol–water partition coefficient (Wildman–Crippen LogP) is 1.49. The Bertz CT molecular complexity index is 399. The van der Waals surface area contributed by atoms with Crippen LogP contribution in [0.2, 0.25) is 0 Å². The lowest BCUT2D eigenvalue weighted by atomic mass is 10.1. The first-order valence-electron chi connectivity index (χ1n) is 4.85. The van der Waals surface area contributed by atoms with Gasteiger partial charge in [-0.2, -0.15) is 0 Å². The summed E-state index contributed by atoms with van der Waals surface area (Å²) in [5, 5.41) is 0. The third-order valence-corrected chi connectivity index (χ3v) is 2.14. The molecule has 0 heterocycles. The van der Waals surface area contributed by atoms with Crippen LogP contribution in [0, 0.1) is 0 Å². The topological polar surface area (TPSA) is 61.5 Å². The number of carbonyl (C=O) groups is 1. The zero-order valence-electron chi connectivity index (χ0n) is 9.40. The van der Waals surface area contributed by atoms with Crippen molar-refractivity contribution >= 4 is 12.4 Å². The van der Waals surface area contributed by atoms with E-state index in [4.69, 9.17) is 15.2 Å². The van der Waals surface area contributed by atoms with Gasteiger partial charge in [0.2, 0.25) is 0 Å². The maximum atomic E-state index is 10.8. The third kappa shape index (κ3) is 2.41. The fourth-order valence-corrected chi connectivity index (χ4v) is 1.43. The number of hydrogen-bond acceptors (Lipinski definition) is 4. The first-order valence-corrected chi connectivity index (χ1v) is 4.85. The molecule has 0 saturated carbocycles. The highest BCUT2D eigenvalue weighted by molar-refractivity contribution is 5.83. The van der Waals surface area contributed by atoms with E-state index in [0.29, 0.717) is 23.6 Å². The molecule has 4 heteroatoms. The standard InChI is InChI=1S/C12H15NO3/c1-15-11-9(4-3-7-13)5-6-10(8-14)12(11)16-2/h3-6,8H,7,13H2,1-2H3/b4-3+. The van der Waals surface area contributed by atoms with Crippen LogP contribution in [0.25, 0.3) is 6.08 Å². The van der Waals surface area contributed by atoms with Crippen molar-refractivity contribution in [1.82, 2.24) is 0 Å². The van der Waals surface area contributed by atoms with Crippen LogP contribution >= 0.6 is 0 Å². The minimum Gasteiger partial charge on any atom is -0.492 e. The Morgan fingerprint density at radius 3 is 2.25 bits per heavy atom. The molecule has 86 valence electrons. The van der Waals surface area contributed by atoms with Crippen LogP contribution in [-0.4, -0.2) is 27.1 Å². The lowest BCUT2D eigenvalue weighted by molar-refractivity contribution is 0.112. The van der Waals surface area contributed by atoms with E-state index in [1.165, 1.54) is 14.2 Å². The van der Waals surface area contributed by atoms with Gasteiger partial charge in [-0.1, -0.05) is 18.2 Å². The number of rotatable bonds is 5. The molecule has 1 rings (SSSR count). The Morgan fingerprint density at radius 2 is 1.75 bits per heavy atom. The van der Waals surface area contributed by atoms with Crippen LogP contribution in [0.5, 0.6) is 11.5 Å². The maximum Gasteiger partial charge on any atom is 0.171 e. The monoisotopic (exact) mass is 221 g/mol. The smallest absolute Gasteiger partial charge is 0.171 e. The van der Waals surface area contributed by atoms with Crippen LogP contribution in [0.1, 0.15) is 15.9 Å². The van der Waals surface area contributed by atoms with E-state index in [-0.39, 0.29) is 0 Å². The molecule has 0 unspecified atom stereocenters. The number of carbonyl (C=O) groups excluding carboxylic acids is 1. The zero-order valence-corrected chi connectivity index (χ0v) is 9.40. The SMILES string of the molecule is COc1c(C=O)ccc(/C=C/CN)c1OC. The second kappa shape index (κ2) is 5.92. The minimum atomic E-state index is 0.441. The van der Waals surface area contributed by atoms with Gasteiger partial charge in [-0.05, 0) is 6.07 Å². The number of ether oxygens (including phenoxy) is 2. The Labute approximate surface area is 94.7 Å². The minimum absolute atomic E-state index is 0.441. The third-order valence-electron chi connectivity index (χ3n) is 2.14. The van der Waals surface area contributed by atoms with E-state index in [1.807, 2.05) is 6.08 Å². The highest BCUT2D eigenvalue weighted by atomic mass is 16.5. The van der Waals surface area contributed by atoms with Gasteiger partial charge in [-0.15, -0.1) is 0 Å². The average molecular weight is 221 g/mol. The van der Waals surface area contributed by atoms with Crippen LogP contribution in [-0.2, 0) is 0 Å². The summed E-state index contributed by atoms with van der Waals surface area (Å²) in [6.07, 6.45) is 4.37. The van der Waals surface area contributed by atoms with E-state index in [0.717, 1.165) is 11.8 Å². The maximum absolute atomic E-state index is 10.8. The molecule has 0 radical (unpaired) electrons. The fraction of sp³-hybridized carbons (Fsp3) is 0.250. The Hall–Kier alpha value is -1.81. The predicted molar refractivity (Wildman–Crippen MR) is 63.0 cm³/mol. The van der Waals surface area contributed by atoms with Gasteiger partial charge in [0.15, 0.2) is 17.8 Å². The summed E-state index contributed by atoms with van der Waals surface area (Å²) in [5.41, 5.74) is 6.67. The normalized spacial score (nSPS) is 10.4. The molecular weight excluding hydrogens is 206 g/mol. The van der Waals surface area contributed by atoms with Crippen molar-refractivity contribution in [3.8, 4) is 11.5 Å². The molecule has 0 bridgehead atoms. The van der Waals surface area contributed by atoms with E-state index in [9.17, 15) is 4.79 Å². The fourth-order valence-electron chi connectivity index (χ4n) is 1.43. The molecule has 16 heavy (non-hydrogen) atoms. The van der Waals surface area contributed by atoms with Crippen LogP contribution in [0.3, 0.4) is 0 Å².